The fourth-order valence-electron chi connectivity index (χ4n) is 1.36. The monoisotopic (exact) mass is 240 g/mol. The third-order valence-corrected chi connectivity index (χ3v) is 2.35. The molecule has 0 aliphatic carbocycles. The van der Waals surface area contributed by atoms with Crippen molar-refractivity contribution in [2.45, 2.75) is 46.0 Å². The maximum Gasteiger partial charge on any atom is 0.331 e. The van der Waals surface area contributed by atoms with E-state index in [0.29, 0.717) is 12.8 Å². The van der Waals surface area contributed by atoms with Gasteiger partial charge < -0.3 is 10.2 Å². The molecule has 0 heterocycles. The Morgan fingerprint density at radius 2 is 1.35 bits per heavy atom. The van der Waals surface area contributed by atoms with Crippen LogP contribution < -0.4 is 0 Å². The zero-order valence-corrected chi connectivity index (χ0v) is 10.4. The van der Waals surface area contributed by atoms with Gasteiger partial charge in [0, 0.05) is 11.1 Å². The van der Waals surface area contributed by atoms with E-state index in [0.717, 1.165) is 19.3 Å². The lowest BCUT2D eigenvalue weighted by atomic mass is 10.1. The fraction of sp³-hybridized carbons (Fsp3) is 0.538. The molecule has 0 aliphatic rings. The topological polar surface area (TPSA) is 74.6 Å². The number of aliphatic carboxylic acids is 2. The van der Waals surface area contributed by atoms with Gasteiger partial charge in [-0.2, -0.15) is 0 Å². The van der Waals surface area contributed by atoms with Gasteiger partial charge in [-0.25, -0.2) is 9.59 Å². The van der Waals surface area contributed by atoms with Crippen LogP contribution in [0.1, 0.15) is 46.0 Å². The van der Waals surface area contributed by atoms with Gasteiger partial charge in [0.2, 0.25) is 0 Å². The molecule has 0 amide bonds. The smallest absolute Gasteiger partial charge is 0.331 e. The highest BCUT2D eigenvalue weighted by Crippen LogP contribution is 2.11. The molecule has 4 nitrogen and oxygen atoms in total. The number of hydrogen-bond acceptors (Lipinski definition) is 2. The molecule has 17 heavy (non-hydrogen) atoms. The largest absolute Gasteiger partial charge is 0.478 e. The van der Waals surface area contributed by atoms with Gasteiger partial charge in [0.25, 0.3) is 0 Å². The summed E-state index contributed by atoms with van der Waals surface area (Å²) in [6.07, 6.45) is 6.18. The number of allylic oxidation sites excluding steroid dienone is 2. The van der Waals surface area contributed by atoms with Crippen LogP contribution in [0.4, 0.5) is 0 Å². The van der Waals surface area contributed by atoms with Crippen molar-refractivity contribution >= 4 is 11.9 Å². The standard InChI is InChI=1S/C13H20O4/c1-3-5-7-11(13(16)17)9-8-10(6-4-2)12(14)15/h8-9H,3-7H2,1-2H3,(H,14,15)(H,16,17). The molecular formula is C13H20O4. The molecule has 0 saturated carbocycles. The van der Waals surface area contributed by atoms with E-state index in [4.69, 9.17) is 10.2 Å². The number of hydrogen-bond donors (Lipinski definition) is 2. The zero-order valence-electron chi connectivity index (χ0n) is 10.4. The quantitative estimate of drug-likeness (QED) is 0.505. The Labute approximate surface area is 102 Å². The zero-order chi connectivity index (χ0) is 13.3. The second-order valence-electron chi connectivity index (χ2n) is 3.85. The predicted octanol–water partition coefficient (Wildman–Crippen LogP) is 3.00. The van der Waals surface area contributed by atoms with E-state index in [2.05, 4.69) is 0 Å². The van der Waals surface area contributed by atoms with E-state index in [1.54, 1.807) is 0 Å². The van der Waals surface area contributed by atoms with Gasteiger partial charge in [-0.05, 0) is 19.3 Å². The minimum atomic E-state index is -0.983. The molecule has 0 unspecified atom stereocenters. The highest BCUT2D eigenvalue weighted by molar-refractivity contribution is 5.89. The summed E-state index contributed by atoms with van der Waals surface area (Å²) in [7, 11) is 0. The SMILES string of the molecule is CCCCC(=CC=C(CCC)C(=O)O)C(=O)O. The molecule has 4 heteroatoms. The molecule has 0 aromatic heterocycles. The van der Waals surface area contributed by atoms with Gasteiger partial charge in [-0.1, -0.05) is 38.8 Å². The predicted molar refractivity (Wildman–Crippen MR) is 65.9 cm³/mol. The summed E-state index contributed by atoms with van der Waals surface area (Å²) >= 11 is 0. The van der Waals surface area contributed by atoms with Gasteiger partial charge >= 0.3 is 11.9 Å². The van der Waals surface area contributed by atoms with Crippen LogP contribution in [0.25, 0.3) is 0 Å². The number of unbranched alkanes of at least 4 members (excludes halogenated alkanes) is 1. The third-order valence-electron chi connectivity index (χ3n) is 2.35. The molecule has 0 aliphatic heterocycles. The average Bonchev–Trinajstić information content (AvgIpc) is 2.26. The van der Waals surface area contributed by atoms with E-state index in [-0.39, 0.29) is 11.1 Å². The van der Waals surface area contributed by atoms with E-state index in [9.17, 15) is 9.59 Å². The maximum atomic E-state index is 10.9. The molecule has 0 radical (unpaired) electrons. The van der Waals surface area contributed by atoms with Crippen LogP contribution >= 0.6 is 0 Å². The third kappa shape index (κ3) is 6.56. The Hall–Kier alpha value is -1.58. The van der Waals surface area contributed by atoms with Crippen LogP contribution in [0.5, 0.6) is 0 Å². The number of rotatable bonds is 8. The molecule has 2 N–H and O–H groups in total. The van der Waals surface area contributed by atoms with E-state index in [1.165, 1.54) is 12.2 Å². The highest BCUT2D eigenvalue weighted by atomic mass is 16.4. The first-order valence-corrected chi connectivity index (χ1v) is 5.89. The Balaban J connectivity index is 4.83. The van der Waals surface area contributed by atoms with Crippen molar-refractivity contribution in [3.8, 4) is 0 Å². The molecule has 0 bridgehead atoms. The van der Waals surface area contributed by atoms with Gasteiger partial charge in [0.1, 0.15) is 0 Å². The van der Waals surface area contributed by atoms with Crippen molar-refractivity contribution in [1.82, 2.24) is 0 Å². The summed E-state index contributed by atoms with van der Waals surface area (Å²) in [5, 5.41) is 17.8. The van der Waals surface area contributed by atoms with Crippen LogP contribution in [-0.4, -0.2) is 22.2 Å². The van der Waals surface area contributed by atoms with Crippen LogP contribution in [0.2, 0.25) is 0 Å². The number of carboxylic acids is 2. The normalized spacial score (nSPS) is 12.6. The Morgan fingerprint density at radius 3 is 1.71 bits per heavy atom. The minimum absolute atomic E-state index is 0.253. The Morgan fingerprint density at radius 1 is 0.882 bits per heavy atom. The molecule has 0 atom stereocenters. The van der Waals surface area contributed by atoms with E-state index in [1.807, 2.05) is 13.8 Å². The lowest BCUT2D eigenvalue weighted by Crippen LogP contribution is -2.02. The summed E-state index contributed by atoms with van der Waals surface area (Å²) in [5.74, 6) is -1.96. The Bertz CT molecular complexity index is 326. The first-order valence-electron chi connectivity index (χ1n) is 5.89. The second kappa shape index (κ2) is 8.56. The van der Waals surface area contributed by atoms with E-state index >= 15 is 0 Å². The van der Waals surface area contributed by atoms with Gasteiger partial charge in [0.05, 0.1) is 0 Å². The number of carboxylic acid groups (broad SMARTS) is 2. The van der Waals surface area contributed by atoms with Gasteiger partial charge in [0.15, 0.2) is 0 Å². The summed E-state index contributed by atoms with van der Waals surface area (Å²) in [6.45, 7) is 3.87. The summed E-state index contributed by atoms with van der Waals surface area (Å²) in [6, 6.07) is 0. The average molecular weight is 240 g/mol. The van der Waals surface area contributed by atoms with Crippen molar-refractivity contribution in [1.29, 1.82) is 0 Å². The maximum absolute atomic E-state index is 10.9. The summed E-state index contributed by atoms with van der Waals surface area (Å²) < 4.78 is 0. The molecule has 0 saturated heterocycles. The van der Waals surface area contributed by atoms with Crippen LogP contribution in [-0.2, 0) is 9.59 Å². The second-order valence-corrected chi connectivity index (χ2v) is 3.85. The first-order chi connectivity index (χ1) is 8.02. The molecule has 0 spiro atoms. The molecule has 0 aromatic rings. The van der Waals surface area contributed by atoms with Crippen molar-refractivity contribution in [2.75, 3.05) is 0 Å². The molecule has 0 fully saturated rings. The summed E-state index contributed by atoms with van der Waals surface area (Å²) in [4.78, 5) is 21.7. The van der Waals surface area contributed by atoms with Crippen molar-refractivity contribution < 1.29 is 19.8 Å². The fourth-order valence-corrected chi connectivity index (χ4v) is 1.36. The van der Waals surface area contributed by atoms with Crippen molar-refractivity contribution in [2.24, 2.45) is 0 Å². The lowest BCUT2D eigenvalue weighted by Gasteiger charge is -2.01. The van der Waals surface area contributed by atoms with Crippen LogP contribution in [0, 0.1) is 0 Å². The number of carbonyl (C=O) groups is 2. The van der Waals surface area contributed by atoms with Crippen molar-refractivity contribution in [3.05, 3.63) is 23.3 Å². The van der Waals surface area contributed by atoms with Crippen LogP contribution in [0.3, 0.4) is 0 Å². The molecule has 0 aromatic carbocycles. The van der Waals surface area contributed by atoms with Gasteiger partial charge in [-0.3, -0.25) is 0 Å². The minimum Gasteiger partial charge on any atom is -0.478 e. The van der Waals surface area contributed by atoms with Crippen molar-refractivity contribution in [3.63, 3.8) is 0 Å². The molecule has 0 rings (SSSR count). The summed E-state index contributed by atoms with van der Waals surface area (Å²) in [5.41, 5.74) is 0.518. The highest BCUT2D eigenvalue weighted by Gasteiger charge is 2.08. The molecule has 96 valence electrons. The van der Waals surface area contributed by atoms with E-state index < -0.39 is 11.9 Å². The van der Waals surface area contributed by atoms with Crippen LogP contribution in [0.15, 0.2) is 23.3 Å². The van der Waals surface area contributed by atoms with Gasteiger partial charge in [-0.15, -0.1) is 0 Å². The lowest BCUT2D eigenvalue weighted by molar-refractivity contribution is -0.133. The molecular weight excluding hydrogens is 220 g/mol. The first kappa shape index (κ1) is 15.4. The Kier molecular flexibility index (Phi) is 7.76.